The Bertz CT molecular complexity index is 719. The van der Waals surface area contributed by atoms with Crippen LogP contribution in [0.25, 0.3) is 0 Å². The average Bonchev–Trinajstić information content (AvgIpc) is 2.68. The van der Waals surface area contributed by atoms with Crippen molar-refractivity contribution in [3.63, 3.8) is 0 Å². The molecule has 0 saturated carbocycles. The van der Waals surface area contributed by atoms with Crippen LogP contribution in [0.5, 0.6) is 0 Å². The Hall–Kier alpha value is -1.78. The number of carbonyl (C=O) groups excluding carboxylic acids is 1. The van der Waals surface area contributed by atoms with E-state index in [4.69, 9.17) is 5.73 Å². The highest BCUT2D eigenvalue weighted by Gasteiger charge is 2.06. The zero-order chi connectivity index (χ0) is 21.5. The SMILES string of the molecule is CC(=CCCC(C)=CCNC(=O)c1ccccc1S)CCC=C(C)CCCCN. The Morgan fingerprint density at radius 3 is 2.14 bits per heavy atom. The van der Waals surface area contributed by atoms with E-state index < -0.39 is 0 Å². The molecule has 0 aliphatic carbocycles. The molecule has 1 rings (SSSR count). The molecule has 0 aliphatic rings. The molecule has 4 heteroatoms. The summed E-state index contributed by atoms with van der Waals surface area (Å²) < 4.78 is 0. The van der Waals surface area contributed by atoms with Crippen LogP contribution in [0.2, 0.25) is 0 Å². The lowest BCUT2D eigenvalue weighted by molar-refractivity contribution is 0.0955. The van der Waals surface area contributed by atoms with Gasteiger partial charge in [0, 0.05) is 11.4 Å². The molecule has 0 aromatic heterocycles. The Morgan fingerprint density at radius 1 is 0.931 bits per heavy atom. The van der Waals surface area contributed by atoms with E-state index in [1.165, 1.54) is 29.6 Å². The summed E-state index contributed by atoms with van der Waals surface area (Å²) in [6, 6.07) is 7.34. The number of thiol groups is 1. The Kier molecular flexibility index (Phi) is 13.2. The number of benzene rings is 1. The molecular formula is C25H38N2OS. The van der Waals surface area contributed by atoms with Gasteiger partial charge in [-0.2, -0.15) is 0 Å². The average molecular weight is 415 g/mol. The van der Waals surface area contributed by atoms with E-state index in [1.807, 2.05) is 18.2 Å². The van der Waals surface area contributed by atoms with Crippen LogP contribution in [0, 0.1) is 0 Å². The molecule has 1 aromatic rings. The van der Waals surface area contributed by atoms with Gasteiger partial charge in [0.15, 0.2) is 0 Å². The summed E-state index contributed by atoms with van der Waals surface area (Å²) in [5, 5.41) is 2.93. The van der Waals surface area contributed by atoms with Gasteiger partial charge in [-0.1, -0.05) is 47.1 Å². The second-order valence-corrected chi connectivity index (χ2v) is 8.18. The molecule has 160 valence electrons. The number of unbranched alkanes of at least 4 members (excludes halogenated alkanes) is 1. The van der Waals surface area contributed by atoms with E-state index >= 15 is 0 Å². The normalized spacial score (nSPS) is 12.9. The fourth-order valence-corrected chi connectivity index (χ4v) is 3.29. The highest BCUT2D eigenvalue weighted by atomic mass is 32.1. The van der Waals surface area contributed by atoms with Crippen LogP contribution in [-0.4, -0.2) is 19.0 Å². The molecule has 1 aromatic carbocycles. The summed E-state index contributed by atoms with van der Waals surface area (Å²) in [6.07, 6.45) is 14.6. The maximum atomic E-state index is 12.2. The smallest absolute Gasteiger partial charge is 0.252 e. The first-order chi connectivity index (χ1) is 13.9. The lowest BCUT2D eigenvalue weighted by Crippen LogP contribution is -2.23. The number of hydrogen-bond acceptors (Lipinski definition) is 3. The van der Waals surface area contributed by atoms with Gasteiger partial charge in [-0.05, 0) is 84.4 Å². The molecule has 0 aliphatic heterocycles. The number of carbonyl (C=O) groups is 1. The fourth-order valence-electron chi connectivity index (χ4n) is 3.03. The van der Waals surface area contributed by atoms with Crippen molar-refractivity contribution >= 4 is 18.5 Å². The third-order valence-corrected chi connectivity index (χ3v) is 5.34. The third-order valence-electron chi connectivity index (χ3n) is 4.95. The number of amides is 1. The van der Waals surface area contributed by atoms with Gasteiger partial charge >= 0.3 is 0 Å². The molecule has 0 bridgehead atoms. The lowest BCUT2D eigenvalue weighted by atomic mass is 10.0. The number of nitrogens with one attached hydrogen (secondary N) is 1. The highest BCUT2D eigenvalue weighted by molar-refractivity contribution is 7.80. The molecule has 3 N–H and O–H groups in total. The summed E-state index contributed by atoms with van der Waals surface area (Å²) in [7, 11) is 0. The van der Waals surface area contributed by atoms with Crippen LogP contribution in [0.15, 0.2) is 64.1 Å². The predicted octanol–water partition coefficient (Wildman–Crippen LogP) is 6.23. The van der Waals surface area contributed by atoms with Crippen LogP contribution in [0.1, 0.15) is 76.1 Å². The van der Waals surface area contributed by atoms with E-state index in [0.717, 1.165) is 38.6 Å². The summed E-state index contributed by atoms with van der Waals surface area (Å²) in [5.74, 6) is -0.0817. The highest BCUT2D eigenvalue weighted by Crippen LogP contribution is 2.14. The summed E-state index contributed by atoms with van der Waals surface area (Å²) in [4.78, 5) is 12.9. The van der Waals surface area contributed by atoms with Gasteiger partial charge < -0.3 is 11.1 Å². The quantitative estimate of drug-likeness (QED) is 0.203. The van der Waals surface area contributed by atoms with Gasteiger partial charge in [-0.15, -0.1) is 12.6 Å². The summed E-state index contributed by atoms with van der Waals surface area (Å²) >= 11 is 4.33. The maximum absolute atomic E-state index is 12.2. The first-order valence-corrected chi connectivity index (χ1v) is 11.1. The Balaban J connectivity index is 2.27. The van der Waals surface area contributed by atoms with Crippen molar-refractivity contribution in [1.29, 1.82) is 0 Å². The second-order valence-electron chi connectivity index (χ2n) is 7.70. The van der Waals surface area contributed by atoms with Gasteiger partial charge in [0.1, 0.15) is 0 Å². The third kappa shape index (κ3) is 11.7. The van der Waals surface area contributed by atoms with Gasteiger partial charge in [-0.3, -0.25) is 4.79 Å². The topological polar surface area (TPSA) is 55.1 Å². The molecule has 1 amide bonds. The Labute approximate surface area is 183 Å². The van der Waals surface area contributed by atoms with E-state index in [2.05, 4.69) is 56.9 Å². The van der Waals surface area contributed by atoms with E-state index in [0.29, 0.717) is 17.0 Å². The van der Waals surface area contributed by atoms with Crippen LogP contribution in [0.4, 0.5) is 0 Å². The zero-order valence-corrected chi connectivity index (χ0v) is 19.2. The number of nitrogens with two attached hydrogens (primary N) is 1. The lowest BCUT2D eigenvalue weighted by Gasteiger charge is -2.06. The second kappa shape index (κ2) is 15.1. The van der Waals surface area contributed by atoms with Crippen molar-refractivity contribution < 1.29 is 4.79 Å². The fraction of sp³-hybridized carbons (Fsp3) is 0.480. The van der Waals surface area contributed by atoms with Crippen LogP contribution >= 0.6 is 12.6 Å². The van der Waals surface area contributed by atoms with Crippen LogP contribution < -0.4 is 11.1 Å². The summed E-state index contributed by atoms with van der Waals surface area (Å²) in [5.41, 5.74) is 10.4. The largest absolute Gasteiger partial charge is 0.349 e. The predicted molar refractivity (Wildman–Crippen MR) is 129 cm³/mol. The minimum atomic E-state index is -0.0817. The van der Waals surface area contributed by atoms with Crippen LogP contribution in [0.3, 0.4) is 0 Å². The standard InChI is InChI=1S/C25H38N2OS/c1-20(10-6-7-18-26)11-8-12-21(2)13-9-14-22(3)17-19-27-25(28)23-15-4-5-16-24(23)29/h4-5,11,13,15-17,29H,6-10,12,14,18-19,26H2,1-3H3,(H,27,28). The minimum Gasteiger partial charge on any atom is -0.349 e. The van der Waals surface area contributed by atoms with Gasteiger partial charge in [-0.25, -0.2) is 0 Å². The van der Waals surface area contributed by atoms with Crippen molar-refractivity contribution in [2.24, 2.45) is 5.73 Å². The molecule has 29 heavy (non-hydrogen) atoms. The van der Waals surface area contributed by atoms with Crippen molar-refractivity contribution in [3.8, 4) is 0 Å². The molecule has 0 unspecified atom stereocenters. The zero-order valence-electron chi connectivity index (χ0n) is 18.3. The van der Waals surface area contributed by atoms with E-state index in [1.54, 1.807) is 6.07 Å². The molecule has 0 atom stereocenters. The molecule has 3 nitrogen and oxygen atoms in total. The van der Waals surface area contributed by atoms with Crippen molar-refractivity contribution in [2.45, 2.75) is 70.6 Å². The van der Waals surface area contributed by atoms with Crippen molar-refractivity contribution in [2.75, 3.05) is 13.1 Å². The first-order valence-electron chi connectivity index (χ1n) is 10.7. The first kappa shape index (κ1) is 25.3. The number of rotatable bonds is 13. The molecule has 0 spiro atoms. The Morgan fingerprint density at radius 2 is 1.52 bits per heavy atom. The summed E-state index contributed by atoms with van der Waals surface area (Å²) in [6.45, 7) is 7.89. The van der Waals surface area contributed by atoms with Crippen LogP contribution in [-0.2, 0) is 0 Å². The maximum Gasteiger partial charge on any atom is 0.252 e. The monoisotopic (exact) mass is 414 g/mol. The number of allylic oxidation sites excluding steroid dienone is 5. The minimum absolute atomic E-state index is 0.0817. The van der Waals surface area contributed by atoms with Gasteiger partial charge in [0.05, 0.1) is 5.56 Å². The van der Waals surface area contributed by atoms with Crippen molar-refractivity contribution in [3.05, 3.63) is 64.8 Å². The molecule has 0 fully saturated rings. The van der Waals surface area contributed by atoms with Gasteiger partial charge in [0.2, 0.25) is 0 Å². The molecular weight excluding hydrogens is 376 g/mol. The molecule has 0 saturated heterocycles. The van der Waals surface area contributed by atoms with E-state index in [-0.39, 0.29) is 5.91 Å². The van der Waals surface area contributed by atoms with Crippen molar-refractivity contribution in [1.82, 2.24) is 5.32 Å². The van der Waals surface area contributed by atoms with E-state index in [9.17, 15) is 4.79 Å². The molecule has 0 heterocycles. The van der Waals surface area contributed by atoms with Gasteiger partial charge in [0.25, 0.3) is 5.91 Å². The number of hydrogen-bond donors (Lipinski definition) is 3. The molecule has 0 radical (unpaired) electrons.